The Hall–Kier alpha value is -1.28. The Balaban J connectivity index is 2.88. The maximum absolute atomic E-state index is 9.97. The molecule has 0 amide bonds. The molecule has 0 aliphatic rings. The third-order valence-electron chi connectivity index (χ3n) is 1.29. The minimum atomic E-state index is 0.0406. The summed E-state index contributed by atoms with van der Waals surface area (Å²) in [4.78, 5) is 13.4. The Morgan fingerprint density at radius 3 is 3.00 bits per heavy atom. The lowest BCUT2D eigenvalue weighted by atomic mass is 10.3. The number of halogens is 2. The largest absolute Gasteiger partial charge is 0.444 e. The number of isocyanates is 1. The molecule has 1 rings (SSSR count). The maximum Gasteiger partial charge on any atom is 0.240 e. The summed E-state index contributed by atoms with van der Waals surface area (Å²) in [5.74, 6) is 0.448. The van der Waals surface area contributed by atoms with Crippen molar-refractivity contribution in [3.05, 3.63) is 35.0 Å². The van der Waals surface area contributed by atoms with Crippen molar-refractivity contribution in [3.63, 3.8) is 0 Å². The average molecular weight is 230 g/mol. The number of aliphatic imine (C=N–C) groups is 1. The number of nitrogens with zero attached hydrogens (tertiary/aromatic N) is 1. The zero-order chi connectivity index (χ0) is 10.4. The van der Waals surface area contributed by atoms with E-state index >= 15 is 0 Å². The smallest absolute Gasteiger partial charge is 0.240 e. The highest BCUT2D eigenvalue weighted by atomic mass is 35.5. The van der Waals surface area contributed by atoms with Gasteiger partial charge in [0.1, 0.15) is 5.75 Å². The molecule has 1 aromatic rings. The molecule has 14 heavy (non-hydrogen) atoms. The van der Waals surface area contributed by atoms with Gasteiger partial charge in [-0.25, -0.2) is 4.79 Å². The van der Waals surface area contributed by atoms with Gasteiger partial charge in [0, 0.05) is 6.07 Å². The van der Waals surface area contributed by atoms with E-state index in [1.807, 2.05) is 0 Å². The predicted molar refractivity (Wildman–Crippen MR) is 54.6 cm³/mol. The first-order chi connectivity index (χ1) is 6.76. The zero-order valence-corrected chi connectivity index (χ0v) is 8.42. The summed E-state index contributed by atoms with van der Waals surface area (Å²) in [5.41, 5.74) is 1.54. The van der Waals surface area contributed by atoms with Crippen LogP contribution in [0.3, 0.4) is 0 Å². The van der Waals surface area contributed by atoms with Crippen molar-refractivity contribution in [2.45, 2.75) is 0 Å². The standard InChI is InChI=1S/C9H5Cl2NO2/c10-5-9(11)14-8-3-1-2-7(4-8)12-6-13/h1-5H/b9-5+. The third kappa shape index (κ3) is 3.23. The normalized spacial score (nSPS) is 10.6. The Labute approximate surface area is 90.6 Å². The number of benzene rings is 1. The lowest BCUT2D eigenvalue weighted by Crippen LogP contribution is -1.86. The first-order valence-corrected chi connectivity index (χ1v) is 4.39. The van der Waals surface area contributed by atoms with Crippen molar-refractivity contribution in [1.82, 2.24) is 0 Å². The van der Waals surface area contributed by atoms with Crippen LogP contribution in [-0.4, -0.2) is 6.08 Å². The lowest BCUT2D eigenvalue weighted by molar-refractivity contribution is 0.464. The fourth-order valence-corrected chi connectivity index (χ4v) is 0.938. The van der Waals surface area contributed by atoms with Gasteiger partial charge < -0.3 is 4.74 Å². The highest BCUT2D eigenvalue weighted by Crippen LogP contribution is 2.22. The quantitative estimate of drug-likeness (QED) is 0.453. The molecule has 0 aliphatic heterocycles. The van der Waals surface area contributed by atoms with Crippen molar-refractivity contribution < 1.29 is 9.53 Å². The number of hydrogen-bond donors (Lipinski definition) is 0. The van der Waals surface area contributed by atoms with Crippen molar-refractivity contribution in [3.8, 4) is 5.75 Å². The van der Waals surface area contributed by atoms with Gasteiger partial charge >= 0.3 is 0 Å². The van der Waals surface area contributed by atoms with Gasteiger partial charge in [0.15, 0.2) is 0 Å². The number of hydrogen-bond acceptors (Lipinski definition) is 3. The van der Waals surface area contributed by atoms with E-state index in [4.69, 9.17) is 27.9 Å². The Bertz CT molecular complexity index is 398. The van der Waals surface area contributed by atoms with E-state index in [2.05, 4.69) is 4.99 Å². The molecular weight excluding hydrogens is 225 g/mol. The number of carbonyl (C=O) groups excluding carboxylic acids is 1. The molecule has 0 unspecified atom stereocenters. The Morgan fingerprint density at radius 1 is 1.57 bits per heavy atom. The van der Waals surface area contributed by atoms with E-state index in [-0.39, 0.29) is 5.22 Å². The topological polar surface area (TPSA) is 38.7 Å². The molecule has 0 atom stereocenters. The van der Waals surface area contributed by atoms with E-state index in [1.165, 1.54) is 12.1 Å². The van der Waals surface area contributed by atoms with Gasteiger partial charge in [-0.2, -0.15) is 4.99 Å². The molecule has 0 radical (unpaired) electrons. The average Bonchev–Trinajstić information content (AvgIpc) is 2.19. The molecule has 72 valence electrons. The van der Waals surface area contributed by atoms with Gasteiger partial charge in [-0.1, -0.05) is 17.7 Å². The second-order valence-corrected chi connectivity index (χ2v) is 2.81. The summed E-state index contributed by atoms with van der Waals surface area (Å²) in [5, 5.41) is 0.0406. The molecule has 0 saturated carbocycles. The van der Waals surface area contributed by atoms with Gasteiger partial charge in [-0.05, 0) is 23.7 Å². The van der Waals surface area contributed by atoms with Crippen LogP contribution in [0.1, 0.15) is 0 Å². The van der Waals surface area contributed by atoms with Crippen LogP contribution in [0.4, 0.5) is 5.69 Å². The van der Waals surface area contributed by atoms with Gasteiger partial charge in [0.05, 0.1) is 11.2 Å². The molecule has 0 heterocycles. The molecule has 0 N–H and O–H groups in total. The molecule has 0 spiro atoms. The number of rotatable bonds is 3. The summed E-state index contributed by atoms with van der Waals surface area (Å²) in [6.07, 6.45) is 1.42. The van der Waals surface area contributed by atoms with Crippen molar-refractivity contribution in [2.75, 3.05) is 0 Å². The molecular formula is C9H5Cl2NO2. The highest BCUT2D eigenvalue weighted by molar-refractivity contribution is 6.35. The van der Waals surface area contributed by atoms with E-state index in [0.29, 0.717) is 11.4 Å². The second kappa shape index (κ2) is 5.45. The fourth-order valence-electron chi connectivity index (χ4n) is 0.804. The summed E-state index contributed by atoms with van der Waals surface area (Å²) in [6, 6.07) is 6.50. The summed E-state index contributed by atoms with van der Waals surface area (Å²) in [7, 11) is 0. The molecule has 1 aromatic carbocycles. The van der Waals surface area contributed by atoms with Crippen molar-refractivity contribution >= 4 is 35.0 Å². The van der Waals surface area contributed by atoms with Crippen LogP contribution in [0, 0.1) is 0 Å². The lowest BCUT2D eigenvalue weighted by Gasteiger charge is -2.02. The second-order valence-electron chi connectivity index (χ2n) is 2.22. The first-order valence-electron chi connectivity index (χ1n) is 3.58. The summed E-state index contributed by atoms with van der Waals surface area (Å²) < 4.78 is 5.06. The van der Waals surface area contributed by atoms with Gasteiger partial charge in [-0.15, -0.1) is 0 Å². The highest BCUT2D eigenvalue weighted by Gasteiger charge is 1.97. The van der Waals surface area contributed by atoms with E-state index in [9.17, 15) is 4.79 Å². The monoisotopic (exact) mass is 229 g/mol. The minimum absolute atomic E-state index is 0.0406. The van der Waals surface area contributed by atoms with E-state index < -0.39 is 0 Å². The molecule has 0 fully saturated rings. The Morgan fingerprint density at radius 2 is 2.36 bits per heavy atom. The van der Waals surface area contributed by atoms with E-state index in [0.717, 1.165) is 5.54 Å². The van der Waals surface area contributed by atoms with Crippen LogP contribution >= 0.6 is 23.2 Å². The fraction of sp³-hybridized carbons (Fsp3) is 0. The summed E-state index contributed by atoms with van der Waals surface area (Å²) >= 11 is 10.8. The molecule has 5 heteroatoms. The maximum atomic E-state index is 9.97. The van der Waals surface area contributed by atoms with Crippen LogP contribution in [-0.2, 0) is 4.79 Å². The van der Waals surface area contributed by atoms with Crippen LogP contribution in [0.15, 0.2) is 40.0 Å². The summed E-state index contributed by atoms with van der Waals surface area (Å²) in [6.45, 7) is 0. The molecule has 0 saturated heterocycles. The van der Waals surface area contributed by atoms with Gasteiger partial charge in [0.2, 0.25) is 11.3 Å². The minimum Gasteiger partial charge on any atom is -0.444 e. The van der Waals surface area contributed by atoms with Gasteiger partial charge in [-0.3, -0.25) is 0 Å². The zero-order valence-electron chi connectivity index (χ0n) is 6.91. The van der Waals surface area contributed by atoms with Crippen molar-refractivity contribution in [1.29, 1.82) is 0 Å². The van der Waals surface area contributed by atoms with Crippen LogP contribution < -0.4 is 4.74 Å². The molecule has 0 aliphatic carbocycles. The predicted octanol–water partition coefficient (Wildman–Crippen LogP) is 3.31. The number of ether oxygens (including phenoxy) is 1. The van der Waals surface area contributed by atoms with Gasteiger partial charge in [0.25, 0.3) is 0 Å². The molecule has 0 bridgehead atoms. The third-order valence-corrected chi connectivity index (χ3v) is 1.79. The molecule has 3 nitrogen and oxygen atoms in total. The van der Waals surface area contributed by atoms with E-state index in [1.54, 1.807) is 18.2 Å². The Kier molecular flexibility index (Phi) is 4.20. The van der Waals surface area contributed by atoms with Crippen LogP contribution in [0.25, 0.3) is 0 Å². The van der Waals surface area contributed by atoms with Crippen molar-refractivity contribution in [2.24, 2.45) is 4.99 Å². The molecule has 0 aromatic heterocycles. The van der Waals surface area contributed by atoms with Crippen LogP contribution in [0.5, 0.6) is 5.75 Å². The van der Waals surface area contributed by atoms with Crippen LogP contribution in [0.2, 0.25) is 0 Å². The SMILES string of the molecule is O=C=Nc1cccc(O/C(Cl)=C/Cl)c1. The first kappa shape index (κ1) is 10.8.